The molecule has 1 fully saturated rings. The lowest BCUT2D eigenvalue weighted by atomic mass is 10.2. The summed E-state index contributed by atoms with van der Waals surface area (Å²) in [4.78, 5) is 14.0. The van der Waals surface area contributed by atoms with Crippen LogP contribution >= 0.6 is 11.8 Å². The van der Waals surface area contributed by atoms with Crippen LogP contribution in [0.15, 0.2) is 24.3 Å². The third-order valence-electron chi connectivity index (χ3n) is 3.61. The summed E-state index contributed by atoms with van der Waals surface area (Å²) in [5.74, 6) is 2.04. The Bertz CT molecular complexity index is 463. The average molecular weight is 325 g/mol. The first kappa shape index (κ1) is 17.2. The predicted octanol–water partition coefficient (Wildman–Crippen LogP) is 1.47. The molecule has 1 aromatic carbocycles. The van der Waals surface area contributed by atoms with E-state index in [9.17, 15) is 9.18 Å². The third kappa shape index (κ3) is 6.34. The number of rotatable bonds is 7. The molecule has 0 aliphatic carbocycles. The number of carbonyl (C=O) groups excluding carboxylic acids is 1. The number of likely N-dealkylation sites (N-methyl/N-ethyl adjacent to an activating group) is 1. The first-order chi connectivity index (χ1) is 10.6. The minimum absolute atomic E-state index is 0.107. The Morgan fingerprint density at radius 3 is 2.91 bits per heavy atom. The number of carbonyl (C=O) groups is 1. The van der Waals surface area contributed by atoms with Gasteiger partial charge >= 0.3 is 0 Å². The summed E-state index contributed by atoms with van der Waals surface area (Å²) in [6.45, 7) is 3.15. The first-order valence-electron chi connectivity index (χ1n) is 7.64. The number of thioether (sulfide) groups is 1. The maximum Gasteiger partial charge on any atom is 0.221 e. The van der Waals surface area contributed by atoms with Gasteiger partial charge in [0.2, 0.25) is 5.91 Å². The fraction of sp³-hybridized carbons (Fsp3) is 0.562. The predicted molar refractivity (Wildman–Crippen MR) is 89.5 cm³/mol. The van der Waals surface area contributed by atoms with Crippen LogP contribution in [-0.4, -0.2) is 55.0 Å². The Labute approximate surface area is 135 Å². The number of halogens is 1. The highest BCUT2D eigenvalue weighted by atomic mass is 32.2. The van der Waals surface area contributed by atoms with Crippen molar-refractivity contribution in [3.05, 3.63) is 35.6 Å². The SMILES string of the molecule is CN(CCNC(=O)CC1CSCCN1)Cc1ccc(F)cc1. The van der Waals surface area contributed by atoms with Crippen LogP contribution in [0.4, 0.5) is 4.39 Å². The van der Waals surface area contributed by atoms with Gasteiger partial charge in [-0.1, -0.05) is 12.1 Å². The number of nitrogens with zero attached hydrogens (tertiary/aromatic N) is 1. The van der Waals surface area contributed by atoms with Crippen molar-refractivity contribution < 1.29 is 9.18 Å². The highest BCUT2D eigenvalue weighted by Gasteiger charge is 2.16. The maximum atomic E-state index is 12.8. The van der Waals surface area contributed by atoms with Gasteiger partial charge in [-0.05, 0) is 24.7 Å². The quantitative estimate of drug-likeness (QED) is 0.797. The van der Waals surface area contributed by atoms with Gasteiger partial charge in [-0.25, -0.2) is 4.39 Å². The van der Waals surface area contributed by atoms with Crippen molar-refractivity contribution in [1.29, 1.82) is 0 Å². The van der Waals surface area contributed by atoms with Crippen LogP contribution < -0.4 is 10.6 Å². The number of hydrogen-bond acceptors (Lipinski definition) is 4. The van der Waals surface area contributed by atoms with E-state index in [1.54, 1.807) is 12.1 Å². The van der Waals surface area contributed by atoms with Crippen LogP contribution in [0.3, 0.4) is 0 Å². The van der Waals surface area contributed by atoms with Crippen molar-refractivity contribution in [2.75, 3.05) is 38.2 Å². The zero-order valence-electron chi connectivity index (χ0n) is 13.0. The third-order valence-corrected chi connectivity index (χ3v) is 4.74. The molecule has 122 valence electrons. The molecule has 1 unspecified atom stereocenters. The molecule has 0 radical (unpaired) electrons. The van der Waals surface area contributed by atoms with E-state index in [2.05, 4.69) is 15.5 Å². The second-order valence-corrected chi connectivity index (χ2v) is 6.79. The van der Waals surface area contributed by atoms with Gasteiger partial charge in [-0.15, -0.1) is 0 Å². The van der Waals surface area contributed by atoms with E-state index in [-0.39, 0.29) is 11.7 Å². The molecular weight excluding hydrogens is 301 g/mol. The van der Waals surface area contributed by atoms with E-state index >= 15 is 0 Å². The molecule has 4 nitrogen and oxygen atoms in total. The topological polar surface area (TPSA) is 44.4 Å². The lowest BCUT2D eigenvalue weighted by Gasteiger charge is -2.23. The summed E-state index contributed by atoms with van der Waals surface area (Å²) in [7, 11) is 1.99. The number of hydrogen-bond donors (Lipinski definition) is 2. The van der Waals surface area contributed by atoms with E-state index in [1.807, 2.05) is 18.8 Å². The molecule has 1 amide bonds. The van der Waals surface area contributed by atoms with E-state index in [0.29, 0.717) is 19.0 Å². The molecule has 1 aliphatic rings. The highest BCUT2D eigenvalue weighted by Crippen LogP contribution is 2.10. The molecule has 1 saturated heterocycles. The molecule has 2 N–H and O–H groups in total. The highest BCUT2D eigenvalue weighted by molar-refractivity contribution is 7.99. The standard InChI is InChI=1S/C16H24FN3OS/c1-20(11-13-2-4-14(17)5-3-13)8-6-19-16(21)10-15-12-22-9-7-18-15/h2-5,15,18H,6-12H2,1H3,(H,19,21). The molecular formula is C16H24FN3OS. The molecule has 1 aliphatic heterocycles. The van der Waals surface area contributed by atoms with Gasteiger partial charge in [-0.3, -0.25) is 4.79 Å². The molecule has 2 rings (SSSR count). The van der Waals surface area contributed by atoms with Gasteiger partial charge in [0.1, 0.15) is 5.82 Å². The van der Waals surface area contributed by atoms with Crippen molar-refractivity contribution in [2.45, 2.75) is 19.0 Å². The maximum absolute atomic E-state index is 12.8. The second kappa shape index (κ2) is 9.12. The minimum atomic E-state index is -0.215. The molecule has 0 spiro atoms. The van der Waals surface area contributed by atoms with Gasteiger partial charge in [0.15, 0.2) is 0 Å². The molecule has 1 heterocycles. The zero-order valence-corrected chi connectivity index (χ0v) is 13.8. The molecule has 1 atom stereocenters. The summed E-state index contributed by atoms with van der Waals surface area (Å²) >= 11 is 1.90. The number of benzene rings is 1. The summed E-state index contributed by atoms with van der Waals surface area (Å²) in [5.41, 5.74) is 1.07. The van der Waals surface area contributed by atoms with Crippen LogP contribution in [-0.2, 0) is 11.3 Å². The Morgan fingerprint density at radius 1 is 1.45 bits per heavy atom. The Balaban J connectivity index is 1.60. The number of nitrogens with one attached hydrogen (secondary N) is 2. The van der Waals surface area contributed by atoms with Crippen molar-refractivity contribution in [3.63, 3.8) is 0 Å². The van der Waals surface area contributed by atoms with E-state index in [4.69, 9.17) is 0 Å². The van der Waals surface area contributed by atoms with Crippen LogP contribution in [0.5, 0.6) is 0 Å². The van der Waals surface area contributed by atoms with E-state index in [0.717, 1.165) is 36.7 Å². The molecule has 22 heavy (non-hydrogen) atoms. The van der Waals surface area contributed by atoms with Gasteiger partial charge in [0.25, 0.3) is 0 Å². The van der Waals surface area contributed by atoms with E-state index in [1.165, 1.54) is 12.1 Å². The average Bonchev–Trinajstić information content (AvgIpc) is 2.50. The fourth-order valence-corrected chi connectivity index (χ4v) is 3.36. The molecule has 0 saturated carbocycles. The Morgan fingerprint density at radius 2 is 2.23 bits per heavy atom. The van der Waals surface area contributed by atoms with Crippen molar-refractivity contribution in [3.8, 4) is 0 Å². The Hall–Kier alpha value is -1.11. The normalized spacial score (nSPS) is 18.4. The van der Waals surface area contributed by atoms with E-state index < -0.39 is 0 Å². The smallest absolute Gasteiger partial charge is 0.221 e. The van der Waals surface area contributed by atoms with Gasteiger partial charge in [0.05, 0.1) is 0 Å². The van der Waals surface area contributed by atoms with Gasteiger partial charge in [-0.2, -0.15) is 11.8 Å². The largest absolute Gasteiger partial charge is 0.355 e. The van der Waals surface area contributed by atoms with Crippen molar-refractivity contribution >= 4 is 17.7 Å². The van der Waals surface area contributed by atoms with Crippen LogP contribution in [0.2, 0.25) is 0 Å². The first-order valence-corrected chi connectivity index (χ1v) is 8.80. The molecule has 0 aromatic heterocycles. The monoisotopic (exact) mass is 325 g/mol. The summed E-state index contributed by atoms with van der Waals surface area (Å²) < 4.78 is 12.8. The lowest BCUT2D eigenvalue weighted by Crippen LogP contribution is -2.42. The van der Waals surface area contributed by atoms with Gasteiger partial charge in [0, 0.05) is 50.1 Å². The summed E-state index contributed by atoms with van der Waals surface area (Å²) in [6, 6.07) is 6.82. The molecule has 1 aromatic rings. The van der Waals surface area contributed by atoms with Crippen LogP contribution in [0.1, 0.15) is 12.0 Å². The lowest BCUT2D eigenvalue weighted by molar-refractivity contribution is -0.121. The van der Waals surface area contributed by atoms with Gasteiger partial charge < -0.3 is 15.5 Å². The summed E-state index contributed by atoms with van der Waals surface area (Å²) in [6.07, 6.45) is 0.550. The van der Waals surface area contributed by atoms with Crippen LogP contribution in [0, 0.1) is 5.82 Å². The van der Waals surface area contributed by atoms with Crippen LogP contribution in [0.25, 0.3) is 0 Å². The summed E-state index contributed by atoms with van der Waals surface area (Å²) in [5, 5.41) is 6.33. The minimum Gasteiger partial charge on any atom is -0.355 e. The van der Waals surface area contributed by atoms with Crippen molar-refractivity contribution in [2.24, 2.45) is 0 Å². The Kier molecular flexibility index (Phi) is 7.15. The fourth-order valence-electron chi connectivity index (χ4n) is 2.41. The second-order valence-electron chi connectivity index (χ2n) is 5.64. The molecule has 0 bridgehead atoms. The number of amides is 1. The molecule has 6 heteroatoms. The zero-order chi connectivity index (χ0) is 15.8. The van der Waals surface area contributed by atoms with Crippen molar-refractivity contribution in [1.82, 2.24) is 15.5 Å².